The fourth-order valence-electron chi connectivity index (χ4n) is 4.35. The zero-order valence-electron chi connectivity index (χ0n) is 19.3. The van der Waals surface area contributed by atoms with E-state index >= 15 is 0 Å². The second-order valence-electron chi connectivity index (χ2n) is 8.61. The number of benzene rings is 2. The minimum absolute atomic E-state index is 0.0175. The van der Waals surface area contributed by atoms with Crippen LogP contribution in [0.1, 0.15) is 18.1 Å². The van der Waals surface area contributed by atoms with E-state index in [1.54, 1.807) is 13.1 Å². The maximum absolute atomic E-state index is 14.3. The molecule has 0 fully saturated rings. The molecule has 38 heavy (non-hydrogen) atoms. The number of hydrogen-bond acceptors (Lipinski definition) is 7. The lowest BCUT2D eigenvalue weighted by atomic mass is 9.78. The predicted molar refractivity (Wildman–Crippen MR) is 126 cm³/mol. The van der Waals surface area contributed by atoms with E-state index in [4.69, 9.17) is 10.5 Å². The second kappa shape index (κ2) is 8.23. The summed E-state index contributed by atoms with van der Waals surface area (Å²) in [5.41, 5.74) is 6.04. The van der Waals surface area contributed by atoms with Gasteiger partial charge in [-0.05, 0) is 36.8 Å². The van der Waals surface area contributed by atoms with Gasteiger partial charge in [0.25, 0.3) is 5.88 Å². The SMILES string of the molecule is CC1(c2ccc(F)cc2)C(=O)Nc2nc(-c3cn4ccnc4c(Oc4ccc(F)c(F)c4F)n3)nc(N)c21. The number of carbonyl (C=O) groups is 1. The molecule has 190 valence electrons. The molecular weight excluding hydrogens is 506 g/mol. The van der Waals surface area contributed by atoms with Crippen molar-refractivity contribution in [1.29, 1.82) is 0 Å². The molecule has 6 rings (SSSR count). The zero-order valence-corrected chi connectivity index (χ0v) is 19.3. The van der Waals surface area contributed by atoms with Gasteiger partial charge in [0.1, 0.15) is 28.6 Å². The first kappa shape index (κ1) is 23.3. The molecule has 2 aromatic carbocycles. The molecule has 0 saturated carbocycles. The molecule has 4 heterocycles. The number of nitrogens with one attached hydrogen (secondary N) is 1. The number of nitrogen functional groups attached to an aromatic ring is 1. The van der Waals surface area contributed by atoms with Gasteiger partial charge in [-0.1, -0.05) is 12.1 Å². The van der Waals surface area contributed by atoms with Gasteiger partial charge < -0.3 is 20.2 Å². The first-order chi connectivity index (χ1) is 18.2. The normalized spacial score (nSPS) is 16.5. The molecule has 5 aromatic rings. The Morgan fingerprint density at radius 2 is 1.76 bits per heavy atom. The molecular formula is C25H15F4N7O2. The summed E-state index contributed by atoms with van der Waals surface area (Å²) >= 11 is 0. The Morgan fingerprint density at radius 3 is 2.53 bits per heavy atom. The zero-order chi connectivity index (χ0) is 26.8. The van der Waals surface area contributed by atoms with Crippen molar-refractivity contribution in [3.63, 3.8) is 0 Å². The molecule has 1 aliphatic rings. The summed E-state index contributed by atoms with van der Waals surface area (Å²) in [5.74, 6) is -6.30. The highest BCUT2D eigenvalue weighted by molar-refractivity contribution is 6.09. The van der Waals surface area contributed by atoms with Crippen molar-refractivity contribution in [1.82, 2.24) is 24.3 Å². The van der Waals surface area contributed by atoms with Crippen molar-refractivity contribution in [3.8, 4) is 23.1 Å². The first-order valence-electron chi connectivity index (χ1n) is 11.1. The van der Waals surface area contributed by atoms with Crippen molar-refractivity contribution in [2.75, 3.05) is 11.1 Å². The van der Waals surface area contributed by atoms with E-state index in [0.717, 1.165) is 6.07 Å². The number of rotatable bonds is 4. The maximum Gasteiger partial charge on any atom is 0.264 e. The van der Waals surface area contributed by atoms with Gasteiger partial charge in [0.2, 0.25) is 17.4 Å². The summed E-state index contributed by atoms with van der Waals surface area (Å²) < 4.78 is 61.8. The third-order valence-corrected chi connectivity index (χ3v) is 6.32. The number of anilines is 2. The number of nitrogens with two attached hydrogens (primary N) is 1. The number of ether oxygens (including phenoxy) is 1. The van der Waals surface area contributed by atoms with Crippen molar-refractivity contribution >= 4 is 23.2 Å². The van der Waals surface area contributed by atoms with E-state index in [1.807, 2.05) is 0 Å². The topological polar surface area (TPSA) is 120 Å². The van der Waals surface area contributed by atoms with Gasteiger partial charge in [-0.15, -0.1) is 0 Å². The number of hydrogen-bond donors (Lipinski definition) is 2. The van der Waals surface area contributed by atoms with Gasteiger partial charge >= 0.3 is 0 Å². The van der Waals surface area contributed by atoms with E-state index in [2.05, 4.69) is 25.3 Å². The van der Waals surface area contributed by atoms with Crippen molar-refractivity contribution < 1.29 is 27.1 Å². The monoisotopic (exact) mass is 521 g/mol. The van der Waals surface area contributed by atoms with Gasteiger partial charge in [-0.2, -0.15) is 4.39 Å². The first-order valence-corrected chi connectivity index (χ1v) is 11.1. The number of nitrogens with zero attached hydrogens (tertiary/aromatic N) is 5. The lowest BCUT2D eigenvalue weighted by Crippen LogP contribution is -2.33. The van der Waals surface area contributed by atoms with Gasteiger partial charge in [-0.3, -0.25) is 4.79 Å². The number of amides is 1. The van der Waals surface area contributed by atoms with Gasteiger partial charge in [0.15, 0.2) is 23.2 Å². The highest BCUT2D eigenvalue weighted by atomic mass is 19.2. The second-order valence-corrected chi connectivity index (χ2v) is 8.61. The Kier molecular flexibility index (Phi) is 5.05. The van der Waals surface area contributed by atoms with Crippen LogP contribution in [0.4, 0.5) is 29.2 Å². The Bertz CT molecular complexity index is 1770. The lowest BCUT2D eigenvalue weighted by Gasteiger charge is -2.23. The molecule has 0 bridgehead atoms. The van der Waals surface area contributed by atoms with E-state index < -0.39 is 40.3 Å². The van der Waals surface area contributed by atoms with Crippen LogP contribution < -0.4 is 15.8 Å². The van der Waals surface area contributed by atoms with Crippen molar-refractivity contribution in [2.45, 2.75) is 12.3 Å². The number of imidazole rings is 1. The highest BCUT2D eigenvalue weighted by Crippen LogP contribution is 2.45. The van der Waals surface area contributed by atoms with E-state index in [1.165, 1.54) is 41.1 Å². The third-order valence-electron chi connectivity index (χ3n) is 6.32. The molecule has 1 atom stereocenters. The summed E-state index contributed by atoms with van der Waals surface area (Å²) in [4.78, 5) is 30.2. The van der Waals surface area contributed by atoms with Crippen LogP contribution >= 0.6 is 0 Å². The van der Waals surface area contributed by atoms with Crippen LogP contribution in [0.25, 0.3) is 17.2 Å². The summed E-state index contributed by atoms with van der Waals surface area (Å²) in [5, 5.41) is 2.69. The van der Waals surface area contributed by atoms with Crippen LogP contribution in [-0.4, -0.2) is 30.2 Å². The smallest absolute Gasteiger partial charge is 0.264 e. The van der Waals surface area contributed by atoms with Gasteiger partial charge in [0.05, 0.1) is 5.56 Å². The van der Waals surface area contributed by atoms with Crippen LogP contribution in [0.3, 0.4) is 0 Å². The minimum atomic E-state index is -1.70. The molecule has 1 unspecified atom stereocenters. The largest absolute Gasteiger partial charge is 0.433 e. The standard InChI is InChI=1S/C25H15F4N7O2/c1-25(11-2-4-12(26)5-3-11)16-19(30)33-20(34-21(16)35-24(25)37)14-10-36-9-8-31-22(36)23(32-14)38-15-7-6-13(27)17(28)18(15)29/h2-10H,1H3,(H3,30,33,34,35,37). The number of carbonyl (C=O) groups excluding carboxylic acids is 1. The summed E-state index contributed by atoms with van der Waals surface area (Å²) in [6.07, 6.45) is 4.45. The molecule has 0 radical (unpaired) electrons. The number of halogens is 4. The van der Waals surface area contributed by atoms with Crippen LogP contribution in [-0.2, 0) is 10.2 Å². The van der Waals surface area contributed by atoms with E-state index in [9.17, 15) is 22.4 Å². The Hall–Kier alpha value is -5.07. The van der Waals surface area contributed by atoms with E-state index in [0.29, 0.717) is 17.2 Å². The summed E-state index contributed by atoms with van der Waals surface area (Å²) in [7, 11) is 0. The maximum atomic E-state index is 14.3. The van der Waals surface area contributed by atoms with Crippen LogP contribution in [0.15, 0.2) is 55.0 Å². The Morgan fingerprint density at radius 1 is 1.00 bits per heavy atom. The van der Waals surface area contributed by atoms with Gasteiger partial charge in [-0.25, -0.2) is 33.1 Å². The number of aromatic nitrogens is 5. The molecule has 9 nitrogen and oxygen atoms in total. The average Bonchev–Trinajstić information content (AvgIpc) is 3.47. The summed E-state index contributed by atoms with van der Waals surface area (Å²) in [6.45, 7) is 1.62. The minimum Gasteiger partial charge on any atom is -0.433 e. The van der Waals surface area contributed by atoms with Crippen LogP contribution in [0.2, 0.25) is 0 Å². The molecule has 0 spiro atoms. The average molecular weight is 521 g/mol. The molecule has 1 aliphatic heterocycles. The molecule has 1 amide bonds. The number of fused-ring (bicyclic) bond motifs is 2. The lowest BCUT2D eigenvalue weighted by molar-refractivity contribution is -0.119. The van der Waals surface area contributed by atoms with Crippen LogP contribution in [0, 0.1) is 23.3 Å². The summed E-state index contributed by atoms with van der Waals surface area (Å²) in [6, 6.07) is 7.06. The molecule has 3 N–H and O–H groups in total. The Labute approximate surface area is 211 Å². The quantitative estimate of drug-likeness (QED) is 0.266. The fourth-order valence-corrected chi connectivity index (χ4v) is 4.35. The highest BCUT2D eigenvalue weighted by Gasteiger charge is 2.47. The molecule has 3 aromatic heterocycles. The van der Waals surface area contributed by atoms with E-state index in [-0.39, 0.29) is 34.7 Å². The Balaban J connectivity index is 1.46. The van der Waals surface area contributed by atoms with Crippen molar-refractivity contribution in [3.05, 3.63) is 89.4 Å². The molecule has 0 aliphatic carbocycles. The third kappa shape index (κ3) is 3.43. The van der Waals surface area contributed by atoms with Gasteiger partial charge in [0, 0.05) is 18.6 Å². The molecule has 13 heteroatoms. The molecule has 0 saturated heterocycles. The fraction of sp³-hybridized carbons (Fsp3) is 0.0800. The van der Waals surface area contributed by atoms with Crippen LogP contribution in [0.5, 0.6) is 11.6 Å². The van der Waals surface area contributed by atoms with Crippen molar-refractivity contribution in [2.24, 2.45) is 0 Å². The predicted octanol–water partition coefficient (Wildman–Crippen LogP) is 4.38.